The summed E-state index contributed by atoms with van der Waals surface area (Å²) in [6, 6.07) is 8.23. The maximum absolute atomic E-state index is 5.18. The lowest BCUT2D eigenvalue weighted by Crippen LogP contribution is -2.30. The van der Waals surface area contributed by atoms with Crippen LogP contribution in [-0.2, 0) is 0 Å². The summed E-state index contributed by atoms with van der Waals surface area (Å²) in [4.78, 5) is 0. The third kappa shape index (κ3) is 1.86. The van der Waals surface area contributed by atoms with Gasteiger partial charge in [0, 0.05) is 6.04 Å². The molecule has 0 aliphatic heterocycles. The molecule has 82 valence electrons. The number of para-hydroxylation sites is 1. The highest BCUT2D eigenvalue weighted by molar-refractivity contribution is 7.80. The minimum Gasteiger partial charge on any atom is -0.360 e. The van der Waals surface area contributed by atoms with E-state index in [1.165, 1.54) is 12.8 Å². The number of rotatable bonds is 2. The van der Waals surface area contributed by atoms with Crippen LogP contribution in [0.25, 0.3) is 11.0 Å². The third-order valence-corrected chi connectivity index (χ3v) is 2.74. The van der Waals surface area contributed by atoms with Gasteiger partial charge in [-0.15, -0.1) is 0 Å². The molecule has 0 bridgehead atoms. The van der Waals surface area contributed by atoms with Gasteiger partial charge in [0.05, 0.1) is 5.39 Å². The van der Waals surface area contributed by atoms with Gasteiger partial charge < -0.3 is 15.2 Å². The average Bonchev–Trinajstić information content (AvgIpc) is 3.00. The Hall–Kier alpha value is -1.62. The molecule has 0 unspecified atom stereocenters. The summed E-state index contributed by atoms with van der Waals surface area (Å²) in [5.74, 6) is 0.675. The van der Waals surface area contributed by atoms with Gasteiger partial charge in [0.25, 0.3) is 0 Å². The molecule has 0 saturated heterocycles. The summed E-state index contributed by atoms with van der Waals surface area (Å²) in [6.45, 7) is 0. The molecule has 2 aromatic rings. The van der Waals surface area contributed by atoms with E-state index in [0.717, 1.165) is 11.0 Å². The van der Waals surface area contributed by atoms with Crippen LogP contribution < -0.4 is 10.6 Å². The molecule has 0 amide bonds. The molecule has 1 heterocycles. The van der Waals surface area contributed by atoms with Crippen molar-refractivity contribution in [3.8, 4) is 0 Å². The Bertz CT molecular complexity index is 533. The maximum Gasteiger partial charge on any atom is 0.183 e. The van der Waals surface area contributed by atoms with Crippen LogP contribution in [0.3, 0.4) is 0 Å². The van der Waals surface area contributed by atoms with Crippen molar-refractivity contribution in [2.45, 2.75) is 18.9 Å². The fourth-order valence-corrected chi connectivity index (χ4v) is 1.80. The fourth-order valence-electron chi connectivity index (χ4n) is 1.53. The first-order chi connectivity index (χ1) is 7.83. The van der Waals surface area contributed by atoms with Crippen LogP contribution in [-0.4, -0.2) is 16.3 Å². The molecule has 1 fully saturated rings. The van der Waals surface area contributed by atoms with E-state index in [1.54, 1.807) is 0 Å². The van der Waals surface area contributed by atoms with Gasteiger partial charge in [0.2, 0.25) is 0 Å². The van der Waals surface area contributed by atoms with Gasteiger partial charge in [-0.25, -0.2) is 0 Å². The molecule has 4 nitrogen and oxygen atoms in total. The molecule has 1 aromatic carbocycles. The number of nitrogens with one attached hydrogen (secondary N) is 2. The highest BCUT2D eigenvalue weighted by Gasteiger charge is 2.22. The number of hydrogen-bond acceptors (Lipinski definition) is 3. The molecule has 3 rings (SSSR count). The molecular formula is C11H11N3OS. The molecule has 1 saturated carbocycles. The normalized spacial score (nSPS) is 15.0. The Balaban J connectivity index is 1.80. The van der Waals surface area contributed by atoms with Crippen molar-refractivity contribution in [2.24, 2.45) is 0 Å². The summed E-state index contributed by atoms with van der Waals surface area (Å²) in [5, 5.41) is 11.8. The Kier molecular flexibility index (Phi) is 2.25. The number of nitrogens with zero attached hydrogens (tertiary/aromatic N) is 1. The standard InChI is InChI=1S/C11H11N3OS/c16-11(12-7-5-6-7)13-10-8-3-1-2-4-9(8)15-14-10/h1-4,7H,5-6H2,(H2,12,13,14,16). The van der Waals surface area contributed by atoms with Gasteiger partial charge in [0.15, 0.2) is 16.5 Å². The summed E-state index contributed by atoms with van der Waals surface area (Å²) in [6.07, 6.45) is 2.39. The van der Waals surface area contributed by atoms with Gasteiger partial charge in [-0.3, -0.25) is 0 Å². The molecule has 1 aliphatic rings. The predicted molar refractivity (Wildman–Crippen MR) is 66.4 cm³/mol. The second-order valence-corrected chi connectivity index (χ2v) is 4.31. The first kappa shape index (κ1) is 9.59. The SMILES string of the molecule is S=C(Nc1noc2ccccc12)NC1CC1. The topological polar surface area (TPSA) is 50.1 Å². The smallest absolute Gasteiger partial charge is 0.183 e. The van der Waals surface area contributed by atoms with E-state index in [1.807, 2.05) is 24.3 Å². The summed E-state index contributed by atoms with van der Waals surface area (Å²) < 4.78 is 5.17. The Labute approximate surface area is 98.0 Å². The van der Waals surface area contributed by atoms with Gasteiger partial charge >= 0.3 is 0 Å². The minimum absolute atomic E-state index is 0.540. The second kappa shape index (κ2) is 3.75. The lowest BCUT2D eigenvalue weighted by molar-refractivity contribution is 0.460. The van der Waals surface area contributed by atoms with E-state index >= 15 is 0 Å². The average molecular weight is 233 g/mol. The number of thiocarbonyl (C=S) groups is 1. The Morgan fingerprint density at radius 2 is 2.19 bits per heavy atom. The van der Waals surface area contributed by atoms with Crippen LogP contribution in [0.4, 0.5) is 5.82 Å². The van der Waals surface area contributed by atoms with Gasteiger partial charge in [-0.05, 0) is 37.2 Å². The molecule has 2 N–H and O–H groups in total. The quantitative estimate of drug-likeness (QED) is 0.779. The van der Waals surface area contributed by atoms with Crippen LogP contribution in [0, 0.1) is 0 Å². The molecule has 5 heteroatoms. The monoisotopic (exact) mass is 233 g/mol. The second-order valence-electron chi connectivity index (χ2n) is 3.90. The van der Waals surface area contributed by atoms with Crippen molar-refractivity contribution in [2.75, 3.05) is 5.32 Å². The first-order valence-corrected chi connectivity index (χ1v) is 5.66. The van der Waals surface area contributed by atoms with Gasteiger partial charge in [-0.1, -0.05) is 17.3 Å². The van der Waals surface area contributed by atoms with Crippen LogP contribution in [0.15, 0.2) is 28.8 Å². The highest BCUT2D eigenvalue weighted by Crippen LogP contribution is 2.23. The lowest BCUT2D eigenvalue weighted by Gasteiger charge is -2.06. The minimum atomic E-state index is 0.540. The maximum atomic E-state index is 5.18. The Morgan fingerprint density at radius 3 is 3.00 bits per heavy atom. The first-order valence-electron chi connectivity index (χ1n) is 5.25. The lowest BCUT2D eigenvalue weighted by atomic mass is 10.2. The number of hydrogen-bond donors (Lipinski definition) is 2. The van der Waals surface area contributed by atoms with E-state index in [-0.39, 0.29) is 0 Å². The van der Waals surface area contributed by atoms with Crippen LogP contribution in [0.5, 0.6) is 0 Å². The van der Waals surface area contributed by atoms with Gasteiger partial charge in [0.1, 0.15) is 0 Å². The Morgan fingerprint density at radius 1 is 1.38 bits per heavy atom. The molecule has 0 radical (unpaired) electrons. The van der Waals surface area contributed by atoms with Crippen molar-refractivity contribution in [3.63, 3.8) is 0 Å². The van der Waals surface area contributed by atoms with E-state index in [9.17, 15) is 0 Å². The summed E-state index contributed by atoms with van der Waals surface area (Å²) >= 11 is 5.18. The number of fused-ring (bicyclic) bond motifs is 1. The largest absolute Gasteiger partial charge is 0.360 e. The summed E-state index contributed by atoms with van der Waals surface area (Å²) in [5.41, 5.74) is 0.763. The molecule has 1 aliphatic carbocycles. The zero-order valence-corrected chi connectivity index (χ0v) is 9.38. The molecule has 0 spiro atoms. The van der Waals surface area contributed by atoms with Crippen molar-refractivity contribution < 1.29 is 4.52 Å². The van der Waals surface area contributed by atoms with E-state index in [0.29, 0.717) is 17.0 Å². The van der Waals surface area contributed by atoms with E-state index in [2.05, 4.69) is 15.8 Å². The fraction of sp³-hybridized carbons (Fsp3) is 0.273. The van der Waals surface area contributed by atoms with Crippen LogP contribution >= 0.6 is 12.2 Å². The zero-order valence-electron chi connectivity index (χ0n) is 8.56. The van der Waals surface area contributed by atoms with Crippen LogP contribution in [0.2, 0.25) is 0 Å². The molecule has 0 atom stereocenters. The van der Waals surface area contributed by atoms with Crippen molar-refractivity contribution in [3.05, 3.63) is 24.3 Å². The summed E-state index contributed by atoms with van der Waals surface area (Å²) in [7, 11) is 0. The van der Waals surface area contributed by atoms with Crippen molar-refractivity contribution >= 4 is 34.1 Å². The van der Waals surface area contributed by atoms with Crippen molar-refractivity contribution in [1.29, 1.82) is 0 Å². The van der Waals surface area contributed by atoms with Crippen molar-refractivity contribution in [1.82, 2.24) is 10.5 Å². The predicted octanol–water partition coefficient (Wildman–Crippen LogP) is 2.28. The molecule has 16 heavy (non-hydrogen) atoms. The zero-order chi connectivity index (χ0) is 11.0. The highest BCUT2D eigenvalue weighted by atomic mass is 32.1. The van der Waals surface area contributed by atoms with Gasteiger partial charge in [-0.2, -0.15) is 0 Å². The molecular weight excluding hydrogens is 222 g/mol. The molecule has 1 aromatic heterocycles. The number of anilines is 1. The van der Waals surface area contributed by atoms with E-state index in [4.69, 9.17) is 16.7 Å². The van der Waals surface area contributed by atoms with E-state index < -0.39 is 0 Å². The van der Waals surface area contributed by atoms with Crippen LogP contribution in [0.1, 0.15) is 12.8 Å². The number of aromatic nitrogens is 1. The number of benzene rings is 1. The third-order valence-electron chi connectivity index (χ3n) is 2.52.